The van der Waals surface area contributed by atoms with Gasteiger partial charge in [0.05, 0.1) is 8.49 Å². The normalized spacial score (nSPS) is 10.3. The summed E-state index contributed by atoms with van der Waals surface area (Å²) in [4.78, 5) is 10.3. The van der Waals surface area contributed by atoms with Gasteiger partial charge < -0.3 is 10.1 Å². The van der Waals surface area contributed by atoms with Crippen LogP contribution in [0.2, 0.25) is 0 Å². The fourth-order valence-corrected chi connectivity index (χ4v) is 2.35. The molecule has 0 amide bonds. The molecule has 0 aromatic heterocycles. The summed E-state index contributed by atoms with van der Waals surface area (Å²) >= 11 is 2.03. The Balaban J connectivity index is 2.21. The van der Waals surface area contributed by atoms with E-state index in [2.05, 4.69) is 5.32 Å². The molecule has 0 radical (unpaired) electrons. The summed E-state index contributed by atoms with van der Waals surface area (Å²) in [6.45, 7) is 0.758. The van der Waals surface area contributed by atoms with Crippen LogP contribution < -0.4 is 10.1 Å². The van der Waals surface area contributed by atoms with E-state index in [0.29, 0.717) is 15.1 Å². The van der Waals surface area contributed by atoms with E-state index in [1.165, 1.54) is 12.1 Å². The molecule has 2 aromatic rings. The van der Waals surface area contributed by atoms with E-state index in [-0.39, 0.29) is 5.69 Å². The van der Waals surface area contributed by atoms with Crippen molar-refractivity contribution in [3.63, 3.8) is 0 Å². The Morgan fingerprint density at radius 3 is 2.75 bits per heavy atom. The van der Waals surface area contributed by atoms with Crippen LogP contribution in [0.15, 0.2) is 42.5 Å². The number of halogens is 1. The summed E-state index contributed by atoms with van der Waals surface area (Å²) in [6, 6.07) is 12.3. The quantitative estimate of drug-likeness (QED) is 0.485. The van der Waals surface area contributed by atoms with Crippen LogP contribution in [0.5, 0.6) is 11.5 Å². The molecule has 0 saturated heterocycles. The first-order valence-corrected chi connectivity index (χ1v) is 7.03. The minimum Gasteiger partial charge on any atom is -0.456 e. The summed E-state index contributed by atoms with van der Waals surface area (Å²) in [5.74, 6) is 1.32. The van der Waals surface area contributed by atoms with Gasteiger partial charge in [-0.3, -0.25) is 10.1 Å². The maximum absolute atomic E-state index is 10.7. The lowest BCUT2D eigenvalue weighted by Crippen LogP contribution is -2.04. The summed E-state index contributed by atoms with van der Waals surface area (Å²) in [7, 11) is 1.88. The van der Waals surface area contributed by atoms with Crippen molar-refractivity contribution in [2.45, 2.75) is 6.54 Å². The molecule has 0 aliphatic rings. The topological polar surface area (TPSA) is 64.4 Å². The van der Waals surface area contributed by atoms with E-state index < -0.39 is 4.92 Å². The van der Waals surface area contributed by atoms with Crippen LogP contribution in [0.25, 0.3) is 0 Å². The number of non-ortho nitro benzene ring substituents is 1. The molecule has 0 fully saturated rings. The maximum Gasteiger partial charge on any atom is 0.270 e. The second kappa shape index (κ2) is 6.67. The number of nitrogens with one attached hydrogen (secondary N) is 1. The van der Waals surface area contributed by atoms with Crippen molar-refractivity contribution in [2.75, 3.05) is 7.05 Å². The molecule has 2 rings (SSSR count). The zero-order valence-electron chi connectivity index (χ0n) is 10.8. The number of hydrogen-bond donors (Lipinski definition) is 1. The van der Waals surface area contributed by atoms with Gasteiger partial charge in [-0.2, -0.15) is 0 Å². The third-order valence-corrected chi connectivity index (χ3v) is 3.48. The van der Waals surface area contributed by atoms with Gasteiger partial charge in [0.25, 0.3) is 5.69 Å². The summed E-state index contributed by atoms with van der Waals surface area (Å²) in [5, 5.41) is 13.8. The van der Waals surface area contributed by atoms with Gasteiger partial charge in [-0.25, -0.2) is 0 Å². The molecule has 0 aliphatic carbocycles. The molecule has 0 bridgehead atoms. The van der Waals surface area contributed by atoms with Gasteiger partial charge in [-0.1, -0.05) is 12.1 Å². The number of hydrogen-bond acceptors (Lipinski definition) is 4. The van der Waals surface area contributed by atoms with Gasteiger partial charge in [0.2, 0.25) is 0 Å². The van der Waals surface area contributed by atoms with Gasteiger partial charge in [0.1, 0.15) is 11.5 Å². The molecule has 0 atom stereocenters. The molecule has 0 unspecified atom stereocenters. The highest BCUT2D eigenvalue weighted by Crippen LogP contribution is 2.30. The first-order chi connectivity index (χ1) is 9.60. The van der Waals surface area contributed by atoms with Gasteiger partial charge >= 0.3 is 0 Å². The molecule has 0 heterocycles. The van der Waals surface area contributed by atoms with E-state index in [4.69, 9.17) is 4.74 Å². The maximum atomic E-state index is 10.7. The number of nitro groups is 1. The molecular weight excluding hydrogens is 371 g/mol. The van der Waals surface area contributed by atoms with Crippen molar-refractivity contribution in [3.8, 4) is 11.5 Å². The molecule has 6 heteroatoms. The average molecular weight is 384 g/mol. The molecule has 0 spiro atoms. The number of nitrogens with zero attached hydrogens (tertiary/aromatic N) is 1. The second-order valence-electron chi connectivity index (χ2n) is 4.15. The number of nitro benzene ring substituents is 1. The minimum absolute atomic E-state index is 0.0608. The predicted molar refractivity (Wildman–Crippen MR) is 85.1 cm³/mol. The van der Waals surface area contributed by atoms with E-state index in [0.717, 1.165) is 12.1 Å². The third-order valence-electron chi connectivity index (χ3n) is 2.63. The number of benzene rings is 2. The van der Waals surface area contributed by atoms with Crippen molar-refractivity contribution in [1.29, 1.82) is 0 Å². The standard InChI is InChI=1S/C14H13IN2O3/c1-16-9-10-3-2-4-12(7-10)20-14-6-5-11(17(18)19)8-13(14)15/h2-8,16H,9H2,1H3. The first-order valence-electron chi connectivity index (χ1n) is 5.95. The monoisotopic (exact) mass is 384 g/mol. The predicted octanol–water partition coefficient (Wildman–Crippen LogP) is 3.71. The van der Waals surface area contributed by atoms with Crippen LogP contribution in [-0.4, -0.2) is 12.0 Å². The fourth-order valence-electron chi connectivity index (χ4n) is 1.74. The second-order valence-corrected chi connectivity index (χ2v) is 5.31. The molecule has 2 aromatic carbocycles. The minimum atomic E-state index is -0.417. The van der Waals surface area contributed by atoms with Gasteiger partial charge in [-0.05, 0) is 53.4 Å². The van der Waals surface area contributed by atoms with Crippen molar-refractivity contribution >= 4 is 28.3 Å². The Labute approximate surface area is 130 Å². The third kappa shape index (κ3) is 3.67. The largest absolute Gasteiger partial charge is 0.456 e. The zero-order valence-corrected chi connectivity index (χ0v) is 13.0. The van der Waals surface area contributed by atoms with Crippen LogP contribution >= 0.6 is 22.6 Å². The Kier molecular flexibility index (Phi) is 4.91. The van der Waals surface area contributed by atoms with Gasteiger partial charge in [0, 0.05) is 18.7 Å². The van der Waals surface area contributed by atoms with Crippen LogP contribution in [0, 0.1) is 13.7 Å². The van der Waals surface area contributed by atoms with Crippen LogP contribution in [0.4, 0.5) is 5.69 Å². The van der Waals surface area contributed by atoms with E-state index in [1.54, 1.807) is 6.07 Å². The lowest BCUT2D eigenvalue weighted by Gasteiger charge is -2.09. The van der Waals surface area contributed by atoms with Crippen LogP contribution in [0.3, 0.4) is 0 Å². The summed E-state index contributed by atoms with van der Waals surface area (Å²) < 4.78 is 6.48. The average Bonchev–Trinajstić information content (AvgIpc) is 2.42. The SMILES string of the molecule is CNCc1cccc(Oc2ccc([N+](=O)[O-])cc2I)c1. The highest BCUT2D eigenvalue weighted by Gasteiger charge is 2.10. The lowest BCUT2D eigenvalue weighted by molar-refractivity contribution is -0.385. The van der Waals surface area contributed by atoms with Crippen molar-refractivity contribution in [3.05, 3.63) is 61.7 Å². The van der Waals surface area contributed by atoms with E-state index in [9.17, 15) is 10.1 Å². The van der Waals surface area contributed by atoms with Crippen LogP contribution in [0.1, 0.15) is 5.56 Å². The Morgan fingerprint density at radius 2 is 2.10 bits per heavy atom. The molecule has 0 saturated carbocycles. The van der Waals surface area contributed by atoms with Crippen molar-refractivity contribution in [2.24, 2.45) is 0 Å². The van der Waals surface area contributed by atoms with E-state index in [1.807, 2.05) is 53.9 Å². The summed E-state index contributed by atoms with van der Waals surface area (Å²) in [6.07, 6.45) is 0. The highest BCUT2D eigenvalue weighted by atomic mass is 127. The first kappa shape index (κ1) is 14.7. The zero-order chi connectivity index (χ0) is 14.5. The molecule has 5 nitrogen and oxygen atoms in total. The van der Waals surface area contributed by atoms with Crippen LogP contribution in [-0.2, 0) is 6.54 Å². The fraction of sp³-hybridized carbons (Fsp3) is 0.143. The highest BCUT2D eigenvalue weighted by molar-refractivity contribution is 14.1. The molecular formula is C14H13IN2O3. The van der Waals surface area contributed by atoms with Gasteiger partial charge in [-0.15, -0.1) is 0 Å². The Bertz CT molecular complexity index is 632. The Morgan fingerprint density at radius 1 is 1.30 bits per heavy atom. The van der Waals surface area contributed by atoms with E-state index >= 15 is 0 Å². The molecule has 1 N–H and O–H groups in total. The van der Waals surface area contributed by atoms with Gasteiger partial charge in [0.15, 0.2) is 0 Å². The molecule has 104 valence electrons. The number of rotatable bonds is 5. The summed E-state index contributed by atoms with van der Waals surface area (Å²) in [5.41, 5.74) is 1.17. The lowest BCUT2D eigenvalue weighted by atomic mass is 10.2. The Hall–Kier alpha value is -1.67. The van der Waals surface area contributed by atoms with Crippen molar-refractivity contribution in [1.82, 2.24) is 5.32 Å². The molecule has 0 aliphatic heterocycles. The number of ether oxygens (including phenoxy) is 1. The molecule has 20 heavy (non-hydrogen) atoms. The van der Waals surface area contributed by atoms with Crippen molar-refractivity contribution < 1.29 is 9.66 Å². The smallest absolute Gasteiger partial charge is 0.270 e.